The lowest BCUT2D eigenvalue weighted by Crippen LogP contribution is -2.28. The molecule has 0 fully saturated rings. The molecular weight excluding hydrogens is 439 g/mol. The Morgan fingerprint density at radius 1 is 0.966 bits per heavy atom. The first-order valence-corrected chi connectivity index (χ1v) is 9.53. The van der Waals surface area contributed by atoms with Crippen molar-refractivity contribution in [3.8, 4) is 5.75 Å². The van der Waals surface area contributed by atoms with Gasteiger partial charge < -0.3 is 19.8 Å². The molecule has 0 bridgehead atoms. The fraction of sp³-hybridized carbons (Fsp3) is 0.100. The van der Waals surface area contributed by atoms with E-state index in [1.54, 1.807) is 30.3 Å². The van der Waals surface area contributed by atoms with E-state index in [9.17, 15) is 9.59 Å². The number of anilines is 1. The summed E-state index contributed by atoms with van der Waals surface area (Å²) in [6, 6.07) is 13.2. The zero-order valence-corrected chi connectivity index (χ0v) is 17.1. The molecule has 2 aromatic carbocycles. The SMILES string of the molecule is O=C(COc1cc(Cl)c(Cl)cc1Cl)NCc1cccc(NC(=O)c2ccco2)c1. The van der Waals surface area contributed by atoms with Crippen molar-refractivity contribution in [2.45, 2.75) is 6.54 Å². The molecule has 0 atom stereocenters. The minimum Gasteiger partial charge on any atom is -0.482 e. The van der Waals surface area contributed by atoms with E-state index in [4.69, 9.17) is 44.0 Å². The fourth-order valence-corrected chi connectivity index (χ4v) is 2.96. The smallest absolute Gasteiger partial charge is 0.291 e. The molecule has 0 aliphatic carbocycles. The Hall–Kier alpha value is -2.67. The maximum absolute atomic E-state index is 12.1. The normalized spacial score (nSPS) is 10.4. The number of nitrogens with one attached hydrogen (secondary N) is 2. The van der Waals surface area contributed by atoms with Crippen molar-refractivity contribution in [2.75, 3.05) is 11.9 Å². The van der Waals surface area contributed by atoms with Gasteiger partial charge in [-0.1, -0.05) is 46.9 Å². The third kappa shape index (κ3) is 5.90. The summed E-state index contributed by atoms with van der Waals surface area (Å²) >= 11 is 17.8. The van der Waals surface area contributed by atoms with Crippen LogP contribution in [0.25, 0.3) is 0 Å². The van der Waals surface area contributed by atoms with Crippen LogP contribution in [0.3, 0.4) is 0 Å². The molecule has 0 saturated heterocycles. The second-order valence-electron chi connectivity index (χ2n) is 5.89. The molecule has 3 aromatic rings. The summed E-state index contributed by atoms with van der Waals surface area (Å²) in [5.74, 6) is -0.235. The maximum atomic E-state index is 12.1. The van der Waals surface area contributed by atoms with Crippen molar-refractivity contribution in [3.05, 3.63) is 81.2 Å². The summed E-state index contributed by atoms with van der Waals surface area (Å²) in [4.78, 5) is 24.1. The second kappa shape index (κ2) is 9.69. The molecule has 0 spiro atoms. The highest BCUT2D eigenvalue weighted by molar-refractivity contribution is 6.43. The van der Waals surface area contributed by atoms with Crippen molar-refractivity contribution in [1.82, 2.24) is 5.32 Å². The third-order valence-corrected chi connectivity index (χ3v) is 4.77. The molecule has 9 heteroatoms. The van der Waals surface area contributed by atoms with Crippen LogP contribution in [0, 0.1) is 0 Å². The van der Waals surface area contributed by atoms with Crippen LogP contribution in [0.1, 0.15) is 16.1 Å². The number of furan rings is 1. The van der Waals surface area contributed by atoms with E-state index in [0.29, 0.717) is 10.7 Å². The van der Waals surface area contributed by atoms with Crippen LogP contribution in [0.15, 0.2) is 59.2 Å². The van der Waals surface area contributed by atoms with Crippen LogP contribution in [0.4, 0.5) is 5.69 Å². The minimum atomic E-state index is -0.358. The van der Waals surface area contributed by atoms with Crippen molar-refractivity contribution in [1.29, 1.82) is 0 Å². The monoisotopic (exact) mass is 452 g/mol. The highest BCUT2D eigenvalue weighted by Gasteiger charge is 2.11. The van der Waals surface area contributed by atoms with Crippen molar-refractivity contribution >= 4 is 52.3 Å². The summed E-state index contributed by atoms with van der Waals surface area (Å²) in [6.45, 7) is 0.00830. The molecule has 2 amide bonds. The Morgan fingerprint density at radius 2 is 1.76 bits per heavy atom. The molecule has 0 unspecified atom stereocenters. The van der Waals surface area contributed by atoms with Gasteiger partial charge in [-0.3, -0.25) is 9.59 Å². The van der Waals surface area contributed by atoms with E-state index < -0.39 is 0 Å². The fourth-order valence-electron chi connectivity index (χ4n) is 2.37. The van der Waals surface area contributed by atoms with E-state index in [2.05, 4.69) is 10.6 Å². The Morgan fingerprint density at radius 3 is 2.52 bits per heavy atom. The van der Waals surface area contributed by atoms with E-state index >= 15 is 0 Å². The highest BCUT2D eigenvalue weighted by Crippen LogP contribution is 2.33. The molecule has 0 aliphatic heterocycles. The molecule has 2 N–H and O–H groups in total. The van der Waals surface area contributed by atoms with Crippen LogP contribution < -0.4 is 15.4 Å². The van der Waals surface area contributed by atoms with Crippen LogP contribution in [0.2, 0.25) is 15.1 Å². The van der Waals surface area contributed by atoms with E-state index in [1.165, 1.54) is 18.4 Å². The Bertz CT molecular complexity index is 1020. The van der Waals surface area contributed by atoms with Crippen LogP contribution >= 0.6 is 34.8 Å². The number of benzene rings is 2. The summed E-state index contributed by atoms with van der Waals surface area (Å²) in [6.07, 6.45) is 1.42. The largest absolute Gasteiger partial charge is 0.482 e. The van der Waals surface area contributed by atoms with E-state index in [1.807, 2.05) is 6.07 Å². The average molecular weight is 454 g/mol. The van der Waals surface area contributed by atoms with Crippen LogP contribution in [-0.2, 0) is 11.3 Å². The predicted octanol–water partition coefficient (Wildman–Crippen LogP) is 5.19. The lowest BCUT2D eigenvalue weighted by Gasteiger charge is -2.10. The van der Waals surface area contributed by atoms with Crippen LogP contribution in [-0.4, -0.2) is 18.4 Å². The van der Waals surface area contributed by atoms with Gasteiger partial charge in [0.1, 0.15) is 5.75 Å². The molecule has 150 valence electrons. The van der Waals surface area contributed by atoms with Gasteiger partial charge in [-0.2, -0.15) is 0 Å². The highest BCUT2D eigenvalue weighted by atomic mass is 35.5. The third-order valence-electron chi connectivity index (χ3n) is 3.75. The number of ether oxygens (including phenoxy) is 1. The number of halogens is 3. The zero-order valence-electron chi connectivity index (χ0n) is 14.9. The summed E-state index contributed by atoms with van der Waals surface area (Å²) in [7, 11) is 0. The first-order chi connectivity index (χ1) is 13.9. The quantitative estimate of drug-likeness (QED) is 0.483. The number of carbonyl (C=O) groups excluding carboxylic acids is 2. The van der Waals surface area contributed by atoms with Gasteiger partial charge in [0.2, 0.25) is 0 Å². The number of hydrogen-bond acceptors (Lipinski definition) is 4. The standard InChI is InChI=1S/C20H15Cl3N2O4/c21-14-8-16(23)18(9-15(14)22)29-11-19(26)24-10-12-3-1-4-13(7-12)25-20(27)17-5-2-6-28-17/h1-9H,10-11H2,(H,24,26)(H,25,27). The first kappa shape index (κ1) is 21.0. The van der Waals surface area contributed by atoms with Gasteiger partial charge in [0, 0.05) is 18.3 Å². The minimum absolute atomic E-state index is 0.210. The van der Waals surface area contributed by atoms with Gasteiger partial charge in [0.15, 0.2) is 12.4 Å². The van der Waals surface area contributed by atoms with E-state index in [0.717, 1.165) is 5.56 Å². The van der Waals surface area contributed by atoms with Gasteiger partial charge in [-0.15, -0.1) is 0 Å². The zero-order chi connectivity index (χ0) is 20.8. The Balaban J connectivity index is 1.51. The summed E-state index contributed by atoms with van der Waals surface area (Å²) in [5, 5.41) is 6.29. The number of rotatable bonds is 7. The molecular formula is C20H15Cl3N2O4. The van der Waals surface area contributed by atoms with Crippen molar-refractivity contribution in [3.63, 3.8) is 0 Å². The van der Waals surface area contributed by atoms with Gasteiger partial charge in [0.25, 0.3) is 11.8 Å². The molecule has 3 rings (SSSR count). The molecule has 0 aliphatic rings. The molecule has 6 nitrogen and oxygen atoms in total. The molecule has 29 heavy (non-hydrogen) atoms. The number of amides is 2. The lowest BCUT2D eigenvalue weighted by atomic mass is 10.2. The molecule has 0 saturated carbocycles. The average Bonchev–Trinajstić information content (AvgIpc) is 3.23. The maximum Gasteiger partial charge on any atom is 0.291 e. The van der Waals surface area contributed by atoms with Gasteiger partial charge in [-0.05, 0) is 35.9 Å². The molecule has 1 heterocycles. The first-order valence-electron chi connectivity index (χ1n) is 8.40. The van der Waals surface area contributed by atoms with Gasteiger partial charge in [0.05, 0.1) is 21.3 Å². The molecule has 0 radical (unpaired) electrons. The summed E-state index contributed by atoms with van der Waals surface area (Å²) in [5.41, 5.74) is 1.38. The van der Waals surface area contributed by atoms with Crippen molar-refractivity contribution < 1.29 is 18.7 Å². The van der Waals surface area contributed by atoms with Crippen molar-refractivity contribution in [2.24, 2.45) is 0 Å². The predicted molar refractivity (Wildman–Crippen MR) is 112 cm³/mol. The number of hydrogen-bond donors (Lipinski definition) is 2. The summed E-state index contributed by atoms with van der Waals surface area (Å²) < 4.78 is 10.4. The van der Waals surface area contributed by atoms with Crippen LogP contribution in [0.5, 0.6) is 5.75 Å². The molecule has 1 aromatic heterocycles. The second-order valence-corrected chi connectivity index (χ2v) is 7.12. The van der Waals surface area contributed by atoms with Gasteiger partial charge in [-0.25, -0.2) is 0 Å². The van der Waals surface area contributed by atoms with Gasteiger partial charge >= 0.3 is 0 Å². The topological polar surface area (TPSA) is 80.6 Å². The Kier molecular flexibility index (Phi) is 7.04. The van der Waals surface area contributed by atoms with E-state index in [-0.39, 0.29) is 46.5 Å². The Labute approximate surface area is 181 Å². The number of carbonyl (C=O) groups is 2. The lowest BCUT2D eigenvalue weighted by molar-refractivity contribution is -0.123.